The van der Waals surface area contributed by atoms with Crippen molar-refractivity contribution in [1.82, 2.24) is 4.98 Å². The van der Waals surface area contributed by atoms with E-state index in [2.05, 4.69) is 17.1 Å². The fourth-order valence-corrected chi connectivity index (χ4v) is 1.73. The fourth-order valence-electron chi connectivity index (χ4n) is 1.73. The van der Waals surface area contributed by atoms with E-state index in [0.717, 1.165) is 19.3 Å². The number of H-pyrrole nitrogens is 1. The maximum atomic E-state index is 8.54. The van der Waals surface area contributed by atoms with Crippen LogP contribution in [0.2, 0.25) is 0 Å². The molecule has 0 amide bonds. The Balaban J connectivity index is 2.46. The minimum absolute atomic E-state index is 1.04. The number of nitrogens with zero attached hydrogens (tertiary/aromatic N) is 1. The third-order valence-electron chi connectivity index (χ3n) is 2.29. The van der Waals surface area contributed by atoms with Crippen LogP contribution >= 0.6 is 0 Å². The van der Waals surface area contributed by atoms with Crippen LogP contribution in [-0.4, -0.2) is 4.98 Å². The van der Waals surface area contributed by atoms with Crippen LogP contribution in [0.25, 0.3) is 5.57 Å². The first-order chi connectivity index (χ1) is 5.92. The summed E-state index contributed by atoms with van der Waals surface area (Å²) in [5.41, 5.74) is 3.70. The quantitative estimate of drug-likeness (QED) is 0.578. The van der Waals surface area contributed by atoms with Gasteiger partial charge >= 0.3 is 0 Å². The molecular weight excluding hydrogens is 148 g/mol. The van der Waals surface area contributed by atoms with Crippen molar-refractivity contribution in [2.24, 2.45) is 0 Å². The average Bonchev–Trinajstić information content (AvgIpc) is 2.53. The molecule has 0 unspecified atom stereocenters. The van der Waals surface area contributed by atoms with Crippen molar-refractivity contribution < 1.29 is 0 Å². The van der Waals surface area contributed by atoms with Crippen molar-refractivity contribution in [3.63, 3.8) is 0 Å². The van der Waals surface area contributed by atoms with E-state index >= 15 is 0 Å². The van der Waals surface area contributed by atoms with Crippen molar-refractivity contribution in [3.8, 4) is 6.07 Å². The van der Waals surface area contributed by atoms with Gasteiger partial charge in [-0.1, -0.05) is 0 Å². The van der Waals surface area contributed by atoms with Crippen LogP contribution in [0.5, 0.6) is 0 Å². The molecule has 0 bridgehead atoms. The molecule has 2 nitrogen and oxygen atoms in total. The van der Waals surface area contributed by atoms with Crippen molar-refractivity contribution >= 4 is 5.57 Å². The summed E-state index contributed by atoms with van der Waals surface area (Å²) in [5.74, 6) is 0. The van der Waals surface area contributed by atoms with Gasteiger partial charge in [-0.25, -0.2) is 0 Å². The largest absolute Gasteiger partial charge is 0.364 e. The predicted octanol–water partition coefficient (Wildman–Crippen LogP) is 2.26. The highest BCUT2D eigenvalue weighted by molar-refractivity contribution is 5.70. The maximum absolute atomic E-state index is 8.54. The molecule has 0 aromatic carbocycles. The fraction of sp³-hybridized carbons (Fsp3) is 0.300. The van der Waals surface area contributed by atoms with Crippen LogP contribution in [0.3, 0.4) is 0 Å². The van der Waals surface area contributed by atoms with Crippen LogP contribution in [0.1, 0.15) is 24.1 Å². The summed E-state index contributed by atoms with van der Waals surface area (Å²) in [6, 6.07) is 4.15. The molecule has 60 valence electrons. The summed E-state index contributed by atoms with van der Waals surface area (Å²) in [7, 11) is 0. The van der Waals surface area contributed by atoms with Gasteiger partial charge in [0.25, 0.3) is 0 Å². The van der Waals surface area contributed by atoms with Crippen LogP contribution in [0.4, 0.5) is 0 Å². The molecule has 2 heteroatoms. The minimum Gasteiger partial charge on any atom is -0.364 e. The molecule has 0 aliphatic heterocycles. The van der Waals surface area contributed by atoms with Gasteiger partial charge in [0, 0.05) is 18.0 Å². The van der Waals surface area contributed by atoms with Gasteiger partial charge in [0.2, 0.25) is 0 Å². The van der Waals surface area contributed by atoms with Crippen molar-refractivity contribution in [1.29, 1.82) is 5.26 Å². The number of nitriles is 1. The lowest BCUT2D eigenvalue weighted by molar-refractivity contribution is 0.804. The van der Waals surface area contributed by atoms with Crippen LogP contribution in [0, 0.1) is 11.3 Å². The lowest BCUT2D eigenvalue weighted by Gasteiger charge is -2.13. The van der Waals surface area contributed by atoms with E-state index < -0.39 is 0 Å². The summed E-state index contributed by atoms with van der Waals surface area (Å²) in [6.07, 6.45) is 6.91. The molecule has 0 saturated heterocycles. The number of fused-ring (bicyclic) bond motifs is 1. The maximum Gasteiger partial charge on any atom is 0.0915 e. The number of aromatic nitrogens is 1. The first-order valence-corrected chi connectivity index (χ1v) is 4.17. The predicted molar refractivity (Wildman–Crippen MR) is 47.3 cm³/mol. The number of hydrogen-bond donors (Lipinski definition) is 1. The third-order valence-corrected chi connectivity index (χ3v) is 2.29. The Morgan fingerprint density at radius 1 is 1.50 bits per heavy atom. The highest BCUT2D eigenvalue weighted by Crippen LogP contribution is 2.29. The van der Waals surface area contributed by atoms with Gasteiger partial charge in [-0.2, -0.15) is 5.26 Å². The van der Waals surface area contributed by atoms with Gasteiger partial charge in [-0.3, -0.25) is 0 Å². The summed E-state index contributed by atoms with van der Waals surface area (Å²) < 4.78 is 0. The first-order valence-electron chi connectivity index (χ1n) is 4.17. The third kappa shape index (κ3) is 1.04. The Morgan fingerprint density at radius 2 is 2.42 bits per heavy atom. The molecule has 1 heterocycles. The Hall–Kier alpha value is -1.49. The number of hydrogen-bond acceptors (Lipinski definition) is 1. The standard InChI is InChI=1S/C10H10N2/c11-6-4-8-2-1-3-10-9(8)5-7-12-10/h4-5,7,12H,1-3H2/b8-4+. The first kappa shape index (κ1) is 7.17. The Labute approximate surface area is 71.5 Å². The number of allylic oxidation sites excluding steroid dienone is 2. The zero-order valence-electron chi connectivity index (χ0n) is 6.80. The summed E-state index contributed by atoms with van der Waals surface area (Å²) in [4.78, 5) is 3.20. The second-order valence-corrected chi connectivity index (χ2v) is 3.02. The van der Waals surface area contributed by atoms with Gasteiger partial charge in [0.1, 0.15) is 0 Å². The summed E-state index contributed by atoms with van der Waals surface area (Å²) in [5, 5.41) is 8.54. The van der Waals surface area contributed by atoms with Crippen LogP contribution in [-0.2, 0) is 6.42 Å². The Bertz CT molecular complexity index is 352. The normalized spacial score (nSPS) is 18.8. The molecular formula is C10H10N2. The van der Waals surface area contributed by atoms with Crippen molar-refractivity contribution in [2.45, 2.75) is 19.3 Å². The number of nitrogens with one attached hydrogen (secondary N) is 1. The molecule has 2 rings (SSSR count). The number of aryl methyl sites for hydroxylation is 1. The van der Waals surface area contributed by atoms with Gasteiger partial charge in [-0.05, 0) is 36.5 Å². The topological polar surface area (TPSA) is 39.6 Å². The van der Waals surface area contributed by atoms with Crippen molar-refractivity contribution in [3.05, 3.63) is 29.6 Å². The minimum atomic E-state index is 1.04. The monoisotopic (exact) mass is 158 g/mol. The van der Waals surface area contributed by atoms with E-state index in [0.29, 0.717) is 0 Å². The lowest BCUT2D eigenvalue weighted by Crippen LogP contribution is -1.99. The molecule has 0 radical (unpaired) electrons. The van der Waals surface area contributed by atoms with Crippen molar-refractivity contribution in [2.75, 3.05) is 0 Å². The van der Waals surface area contributed by atoms with E-state index in [1.807, 2.05) is 6.20 Å². The second kappa shape index (κ2) is 2.86. The van der Waals surface area contributed by atoms with Crippen LogP contribution < -0.4 is 0 Å². The SMILES string of the molecule is N#C/C=C1\CCCc2[nH]ccc21. The number of aromatic amines is 1. The molecule has 12 heavy (non-hydrogen) atoms. The highest BCUT2D eigenvalue weighted by atomic mass is 14.7. The van der Waals surface area contributed by atoms with E-state index in [-0.39, 0.29) is 0 Å². The molecule has 1 aromatic rings. The van der Waals surface area contributed by atoms with E-state index in [9.17, 15) is 0 Å². The van der Waals surface area contributed by atoms with Gasteiger partial charge in [0.15, 0.2) is 0 Å². The molecule has 0 fully saturated rings. The Kier molecular flexibility index (Phi) is 1.71. The average molecular weight is 158 g/mol. The molecule has 0 atom stereocenters. The molecule has 1 N–H and O–H groups in total. The molecule has 0 saturated carbocycles. The highest BCUT2D eigenvalue weighted by Gasteiger charge is 2.13. The zero-order chi connectivity index (χ0) is 8.39. The summed E-state index contributed by atoms with van der Waals surface area (Å²) >= 11 is 0. The molecule has 1 aliphatic rings. The number of rotatable bonds is 0. The van der Waals surface area contributed by atoms with Gasteiger partial charge in [0.05, 0.1) is 6.07 Å². The molecule has 0 spiro atoms. The zero-order valence-corrected chi connectivity index (χ0v) is 6.80. The Morgan fingerprint density at radius 3 is 3.25 bits per heavy atom. The van der Waals surface area contributed by atoms with E-state index in [1.54, 1.807) is 6.08 Å². The van der Waals surface area contributed by atoms with Gasteiger partial charge < -0.3 is 4.98 Å². The van der Waals surface area contributed by atoms with Crippen LogP contribution in [0.15, 0.2) is 18.3 Å². The molecule has 1 aliphatic carbocycles. The van der Waals surface area contributed by atoms with E-state index in [1.165, 1.54) is 16.8 Å². The smallest absolute Gasteiger partial charge is 0.0915 e. The van der Waals surface area contributed by atoms with Gasteiger partial charge in [-0.15, -0.1) is 0 Å². The second-order valence-electron chi connectivity index (χ2n) is 3.02. The summed E-state index contributed by atoms with van der Waals surface area (Å²) in [6.45, 7) is 0. The van der Waals surface area contributed by atoms with E-state index in [4.69, 9.17) is 5.26 Å². The lowest BCUT2D eigenvalue weighted by atomic mass is 9.92. The molecule has 1 aromatic heterocycles.